The zero-order chi connectivity index (χ0) is 13.3. The summed E-state index contributed by atoms with van der Waals surface area (Å²) in [7, 11) is 0. The number of amides is 1. The Bertz CT molecular complexity index is 467. The van der Waals surface area contributed by atoms with Gasteiger partial charge in [0.05, 0.1) is 5.56 Å². The zero-order valence-corrected chi connectivity index (χ0v) is 11.9. The lowest BCUT2D eigenvalue weighted by Gasteiger charge is -2.35. The Morgan fingerprint density at radius 2 is 2.06 bits per heavy atom. The number of rotatable bonds is 1. The molecule has 6 heteroatoms. The quantitative estimate of drug-likeness (QED) is 0.798. The molecule has 1 aliphatic rings. The molecule has 1 amide bonds. The lowest BCUT2D eigenvalue weighted by molar-refractivity contribution is 0.0627. The summed E-state index contributed by atoms with van der Waals surface area (Å²) < 4.78 is 0. The summed E-state index contributed by atoms with van der Waals surface area (Å²) in [6, 6.07) is 1.47. The fourth-order valence-electron chi connectivity index (χ4n) is 2.12. The van der Waals surface area contributed by atoms with Crippen LogP contribution in [-0.2, 0) is 0 Å². The largest absolute Gasteiger partial charge is 0.338 e. The van der Waals surface area contributed by atoms with E-state index in [1.807, 2.05) is 4.90 Å². The van der Waals surface area contributed by atoms with Crippen LogP contribution in [0.3, 0.4) is 0 Å². The van der Waals surface area contributed by atoms with Crippen LogP contribution in [0.1, 0.15) is 30.6 Å². The first-order chi connectivity index (χ1) is 8.49. The van der Waals surface area contributed by atoms with Crippen molar-refractivity contribution in [1.29, 1.82) is 0 Å². The van der Waals surface area contributed by atoms with Crippen molar-refractivity contribution < 1.29 is 4.79 Å². The van der Waals surface area contributed by atoms with E-state index in [9.17, 15) is 4.79 Å². The number of hydrogen-bond donors (Lipinski definition) is 0. The highest BCUT2D eigenvalue weighted by molar-refractivity contribution is 6.34. The van der Waals surface area contributed by atoms with E-state index in [1.165, 1.54) is 6.07 Å². The Morgan fingerprint density at radius 3 is 2.72 bits per heavy atom. The number of halogens is 2. The molecule has 2 unspecified atom stereocenters. The van der Waals surface area contributed by atoms with Crippen molar-refractivity contribution in [2.24, 2.45) is 11.8 Å². The van der Waals surface area contributed by atoms with Crippen molar-refractivity contribution >= 4 is 29.1 Å². The molecule has 0 saturated carbocycles. The van der Waals surface area contributed by atoms with Crippen molar-refractivity contribution in [2.75, 3.05) is 13.1 Å². The second-order valence-corrected chi connectivity index (χ2v) is 5.61. The first-order valence-corrected chi connectivity index (χ1v) is 6.72. The predicted octanol–water partition coefficient (Wildman–Crippen LogP) is 2.90. The minimum Gasteiger partial charge on any atom is -0.338 e. The number of aromatic nitrogens is 2. The van der Waals surface area contributed by atoms with E-state index in [4.69, 9.17) is 23.2 Å². The highest BCUT2D eigenvalue weighted by Crippen LogP contribution is 2.25. The first kappa shape index (κ1) is 13.6. The van der Waals surface area contributed by atoms with Gasteiger partial charge < -0.3 is 4.90 Å². The van der Waals surface area contributed by atoms with Crippen LogP contribution in [0.2, 0.25) is 10.3 Å². The van der Waals surface area contributed by atoms with Gasteiger partial charge in [-0.15, -0.1) is 10.2 Å². The third kappa shape index (κ3) is 2.75. The SMILES string of the molecule is CC1CCN(C(=O)c2cc(Cl)nnc2Cl)CC1C. The van der Waals surface area contributed by atoms with Gasteiger partial charge in [0, 0.05) is 13.1 Å². The summed E-state index contributed by atoms with van der Waals surface area (Å²) in [5.41, 5.74) is 0.332. The molecule has 0 bridgehead atoms. The maximum atomic E-state index is 12.3. The molecule has 1 saturated heterocycles. The Labute approximate surface area is 116 Å². The van der Waals surface area contributed by atoms with Gasteiger partial charge in [0.2, 0.25) is 0 Å². The summed E-state index contributed by atoms with van der Waals surface area (Å²) in [5, 5.41) is 7.56. The van der Waals surface area contributed by atoms with Crippen molar-refractivity contribution in [2.45, 2.75) is 20.3 Å². The number of nitrogens with zero attached hydrogens (tertiary/aromatic N) is 3. The fourth-order valence-corrected chi connectivity index (χ4v) is 2.44. The molecule has 2 heterocycles. The maximum absolute atomic E-state index is 12.3. The van der Waals surface area contributed by atoms with Gasteiger partial charge in [-0.25, -0.2) is 0 Å². The Balaban J connectivity index is 2.19. The van der Waals surface area contributed by atoms with Crippen LogP contribution in [0.15, 0.2) is 6.07 Å². The highest BCUT2D eigenvalue weighted by Gasteiger charge is 2.28. The summed E-state index contributed by atoms with van der Waals surface area (Å²) >= 11 is 11.6. The molecular formula is C12H15Cl2N3O. The van der Waals surface area contributed by atoms with E-state index in [0.29, 0.717) is 17.4 Å². The average Bonchev–Trinajstić information content (AvgIpc) is 2.35. The van der Waals surface area contributed by atoms with Gasteiger partial charge in [-0.2, -0.15) is 0 Å². The minimum absolute atomic E-state index is 0.107. The third-order valence-electron chi connectivity index (χ3n) is 3.57. The molecule has 1 aromatic rings. The summed E-state index contributed by atoms with van der Waals surface area (Å²) in [6.45, 7) is 5.87. The molecule has 0 N–H and O–H groups in total. The molecule has 1 aromatic heterocycles. The number of likely N-dealkylation sites (tertiary alicyclic amines) is 1. The van der Waals surface area contributed by atoms with Crippen molar-refractivity contribution in [1.82, 2.24) is 15.1 Å². The van der Waals surface area contributed by atoms with E-state index < -0.39 is 0 Å². The summed E-state index contributed by atoms with van der Waals surface area (Å²) in [6.07, 6.45) is 1.01. The molecule has 0 radical (unpaired) electrons. The summed E-state index contributed by atoms with van der Waals surface area (Å²) in [5.74, 6) is 1.02. The molecule has 1 aliphatic heterocycles. The van der Waals surface area contributed by atoms with Gasteiger partial charge >= 0.3 is 0 Å². The van der Waals surface area contributed by atoms with Crippen LogP contribution in [0.5, 0.6) is 0 Å². The van der Waals surface area contributed by atoms with E-state index in [-0.39, 0.29) is 16.2 Å². The van der Waals surface area contributed by atoms with Crippen LogP contribution in [0.4, 0.5) is 0 Å². The van der Waals surface area contributed by atoms with Gasteiger partial charge in [0.1, 0.15) is 0 Å². The maximum Gasteiger partial charge on any atom is 0.257 e. The topological polar surface area (TPSA) is 46.1 Å². The van der Waals surface area contributed by atoms with Gasteiger partial charge in [-0.1, -0.05) is 37.0 Å². The molecule has 4 nitrogen and oxygen atoms in total. The number of piperidine rings is 1. The third-order valence-corrected chi connectivity index (χ3v) is 4.03. The normalized spacial score (nSPS) is 24.1. The van der Waals surface area contributed by atoms with Gasteiger partial charge in [0.15, 0.2) is 10.3 Å². The Kier molecular flexibility index (Phi) is 4.07. The molecule has 2 atom stereocenters. The van der Waals surface area contributed by atoms with Crippen LogP contribution in [-0.4, -0.2) is 34.1 Å². The number of carbonyl (C=O) groups is 1. The molecular weight excluding hydrogens is 273 g/mol. The zero-order valence-electron chi connectivity index (χ0n) is 10.4. The van der Waals surface area contributed by atoms with Crippen molar-refractivity contribution in [3.63, 3.8) is 0 Å². The smallest absolute Gasteiger partial charge is 0.257 e. The highest BCUT2D eigenvalue weighted by atomic mass is 35.5. The first-order valence-electron chi connectivity index (χ1n) is 5.97. The molecule has 0 aromatic carbocycles. The molecule has 0 aliphatic carbocycles. The van der Waals surface area contributed by atoms with Crippen LogP contribution in [0, 0.1) is 11.8 Å². The molecule has 18 heavy (non-hydrogen) atoms. The van der Waals surface area contributed by atoms with E-state index >= 15 is 0 Å². The average molecular weight is 288 g/mol. The van der Waals surface area contributed by atoms with Gasteiger partial charge in [0.25, 0.3) is 5.91 Å². The van der Waals surface area contributed by atoms with E-state index in [1.54, 1.807) is 0 Å². The fraction of sp³-hybridized carbons (Fsp3) is 0.583. The van der Waals surface area contributed by atoms with Crippen LogP contribution < -0.4 is 0 Å². The minimum atomic E-state index is -0.115. The standard InChI is InChI=1S/C12H15Cl2N3O/c1-7-3-4-17(6-8(7)2)12(18)9-5-10(13)15-16-11(9)14/h5,7-8H,3-4,6H2,1-2H3. The monoisotopic (exact) mass is 287 g/mol. The van der Waals surface area contributed by atoms with Crippen molar-refractivity contribution in [3.05, 3.63) is 21.9 Å². The van der Waals surface area contributed by atoms with Crippen LogP contribution in [0.25, 0.3) is 0 Å². The predicted molar refractivity (Wildman–Crippen MR) is 70.9 cm³/mol. The van der Waals surface area contributed by atoms with E-state index in [0.717, 1.165) is 19.5 Å². The lowest BCUT2D eigenvalue weighted by atomic mass is 9.88. The molecule has 0 spiro atoms. The number of hydrogen-bond acceptors (Lipinski definition) is 3. The second kappa shape index (κ2) is 5.41. The number of carbonyl (C=O) groups excluding carboxylic acids is 1. The molecule has 98 valence electrons. The second-order valence-electron chi connectivity index (χ2n) is 4.87. The summed E-state index contributed by atoms with van der Waals surface area (Å²) in [4.78, 5) is 14.1. The molecule has 1 fully saturated rings. The van der Waals surface area contributed by atoms with Gasteiger partial charge in [-0.05, 0) is 24.3 Å². The molecule has 2 rings (SSSR count). The Morgan fingerprint density at radius 1 is 1.33 bits per heavy atom. The Hall–Kier alpha value is -0.870. The van der Waals surface area contributed by atoms with Crippen molar-refractivity contribution in [3.8, 4) is 0 Å². The van der Waals surface area contributed by atoms with Gasteiger partial charge in [-0.3, -0.25) is 4.79 Å². The lowest BCUT2D eigenvalue weighted by Crippen LogP contribution is -2.42. The van der Waals surface area contributed by atoms with Crippen LogP contribution >= 0.6 is 23.2 Å². The van der Waals surface area contributed by atoms with E-state index in [2.05, 4.69) is 24.0 Å².